The molecule has 0 aliphatic carbocycles. The molecule has 118 valence electrons. The van der Waals surface area contributed by atoms with Crippen molar-refractivity contribution >= 4 is 39.2 Å². The number of nitrogens with one attached hydrogen (secondary N) is 3. The Hall–Kier alpha value is -2.74. The number of carbonyl (C=O) groups excluding carboxylic acids is 2. The monoisotopic (exact) mass is 329 g/mol. The molecule has 2 aromatic heterocycles. The van der Waals surface area contributed by atoms with Crippen LogP contribution in [-0.4, -0.2) is 33.0 Å². The maximum atomic E-state index is 12.3. The van der Waals surface area contributed by atoms with E-state index in [9.17, 15) is 9.59 Å². The predicted octanol–water partition coefficient (Wildman–Crippen LogP) is 2.08. The maximum absolute atomic E-state index is 12.3. The minimum Gasteiger partial charge on any atom is -0.339 e. The van der Waals surface area contributed by atoms with E-state index < -0.39 is 11.9 Å². The second kappa shape index (κ2) is 6.17. The molecule has 0 bridgehead atoms. The van der Waals surface area contributed by atoms with Crippen LogP contribution < -0.4 is 10.6 Å². The Kier molecular flexibility index (Phi) is 4.07. The van der Waals surface area contributed by atoms with Crippen molar-refractivity contribution < 1.29 is 9.59 Å². The van der Waals surface area contributed by atoms with Crippen molar-refractivity contribution in [2.45, 2.75) is 19.9 Å². The molecule has 0 radical (unpaired) electrons. The van der Waals surface area contributed by atoms with E-state index in [-0.39, 0.29) is 11.6 Å². The summed E-state index contributed by atoms with van der Waals surface area (Å²) in [5.41, 5.74) is 1.04. The SMILES string of the molecule is Cc1cnc(NC(=O)C(C)NC(=O)c2n[nH]c3ccccc23)s1. The Morgan fingerprint density at radius 2 is 2.09 bits per heavy atom. The number of hydrogen-bond acceptors (Lipinski definition) is 5. The predicted molar refractivity (Wildman–Crippen MR) is 88.5 cm³/mol. The highest BCUT2D eigenvalue weighted by atomic mass is 32.1. The van der Waals surface area contributed by atoms with Crippen LogP contribution in [-0.2, 0) is 4.79 Å². The summed E-state index contributed by atoms with van der Waals surface area (Å²) in [6, 6.07) is 6.61. The van der Waals surface area contributed by atoms with E-state index in [1.807, 2.05) is 25.1 Å². The standard InChI is InChI=1S/C15H15N5O2S/c1-8-7-16-15(23-8)18-13(21)9(2)17-14(22)12-10-5-3-4-6-11(10)19-20-12/h3-7,9H,1-2H3,(H,17,22)(H,19,20)(H,16,18,21). The molecule has 3 N–H and O–H groups in total. The summed E-state index contributed by atoms with van der Waals surface area (Å²) in [7, 11) is 0. The Labute approximate surface area is 136 Å². The molecule has 2 heterocycles. The van der Waals surface area contributed by atoms with Crippen molar-refractivity contribution in [1.82, 2.24) is 20.5 Å². The fraction of sp³-hybridized carbons (Fsp3) is 0.200. The number of nitrogens with zero attached hydrogens (tertiary/aromatic N) is 2. The topological polar surface area (TPSA) is 99.8 Å². The Balaban J connectivity index is 1.68. The molecule has 0 saturated heterocycles. The molecule has 0 aliphatic heterocycles. The lowest BCUT2D eigenvalue weighted by Crippen LogP contribution is -2.41. The number of H-pyrrole nitrogens is 1. The zero-order valence-electron chi connectivity index (χ0n) is 12.6. The second-order valence-electron chi connectivity index (χ2n) is 5.08. The molecule has 2 amide bonds. The van der Waals surface area contributed by atoms with Crippen LogP contribution in [0.15, 0.2) is 30.5 Å². The van der Waals surface area contributed by atoms with E-state index in [2.05, 4.69) is 25.8 Å². The molecule has 1 atom stereocenters. The van der Waals surface area contributed by atoms with Gasteiger partial charge in [0.1, 0.15) is 6.04 Å². The van der Waals surface area contributed by atoms with Gasteiger partial charge < -0.3 is 10.6 Å². The third-order valence-corrected chi connectivity index (χ3v) is 4.11. The number of benzene rings is 1. The van der Waals surface area contributed by atoms with Crippen molar-refractivity contribution in [3.05, 3.63) is 41.0 Å². The third kappa shape index (κ3) is 3.21. The van der Waals surface area contributed by atoms with E-state index in [1.165, 1.54) is 11.3 Å². The maximum Gasteiger partial charge on any atom is 0.273 e. The number of fused-ring (bicyclic) bond motifs is 1. The average molecular weight is 329 g/mol. The van der Waals surface area contributed by atoms with E-state index in [0.29, 0.717) is 10.5 Å². The minimum absolute atomic E-state index is 0.269. The number of aromatic nitrogens is 3. The molecule has 23 heavy (non-hydrogen) atoms. The number of carbonyl (C=O) groups is 2. The Morgan fingerprint density at radius 3 is 2.83 bits per heavy atom. The number of hydrogen-bond donors (Lipinski definition) is 3. The van der Waals surface area contributed by atoms with Gasteiger partial charge >= 0.3 is 0 Å². The molecule has 8 heteroatoms. The van der Waals surface area contributed by atoms with Crippen molar-refractivity contribution in [3.8, 4) is 0 Å². The number of aryl methyl sites for hydroxylation is 1. The van der Waals surface area contributed by atoms with Gasteiger partial charge in [-0.3, -0.25) is 14.7 Å². The molecule has 0 spiro atoms. The van der Waals surface area contributed by atoms with Gasteiger partial charge in [-0.2, -0.15) is 5.10 Å². The van der Waals surface area contributed by atoms with Crippen LogP contribution in [0, 0.1) is 6.92 Å². The number of anilines is 1. The first-order valence-electron chi connectivity index (χ1n) is 7.02. The summed E-state index contributed by atoms with van der Waals surface area (Å²) in [5, 5.41) is 13.4. The minimum atomic E-state index is -0.706. The van der Waals surface area contributed by atoms with Gasteiger partial charge in [0.25, 0.3) is 5.91 Å². The molecular weight excluding hydrogens is 314 g/mol. The lowest BCUT2D eigenvalue weighted by molar-refractivity contribution is -0.117. The van der Waals surface area contributed by atoms with Crippen molar-refractivity contribution in [1.29, 1.82) is 0 Å². The first-order valence-corrected chi connectivity index (χ1v) is 7.83. The third-order valence-electron chi connectivity index (χ3n) is 3.28. The molecule has 3 aromatic rings. The number of thiazole rings is 1. The molecule has 7 nitrogen and oxygen atoms in total. The molecular formula is C15H15N5O2S. The van der Waals surface area contributed by atoms with Gasteiger partial charge in [-0.05, 0) is 19.9 Å². The fourth-order valence-corrected chi connectivity index (χ4v) is 2.76. The number of amides is 2. The van der Waals surface area contributed by atoms with Gasteiger partial charge in [0.2, 0.25) is 5.91 Å². The molecule has 0 saturated carbocycles. The van der Waals surface area contributed by atoms with E-state index >= 15 is 0 Å². The first-order chi connectivity index (χ1) is 11.0. The lowest BCUT2D eigenvalue weighted by Gasteiger charge is -2.12. The van der Waals surface area contributed by atoms with Gasteiger partial charge in [-0.25, -0.2) is 4.98 Å². The van der Waals surface area contributed by atoms with Crippen LogP contribution in [0.1, 0.15) is 22.3 Å². The molecule has 1 aromatic carbocycles. The molecule has 0 fully saturated rings. The summed E-state index contributed by atoms with van der Waals surface area (Å²) in [5.74, 6) is -0.729. The van der Waals surface area contributed by atoms with Crippen molar-refractivity contribution in [2.24, 2.45) is 0 Å². The van der Waals surface area contributed by atoms with E-state index in [4.69, 9.17) is 0 Å². The largest absolute Gasteiger partial charge is 0.339 e. The Bertz CT molecular complexity index is 870. The summed E-state index contributed by atoms with van der Waals surface area (Å²) >= 11 is 1.38. The van der Waals surface area contributed by atoms with E-state index in [0.717, 1.165) is 10.4 Å². The van der Waals surface area contributed by atoms with Crippen molar-refractivity contribution in [2.75, 3.05) is 5.32 Å². The summed E-state index contributed by atoms with van der Waals surface area (Å²) in [4.78, 5) is 29.5. The lowest BCUT2D eigenvalue weighted by atomic mass is 10.2. The summed E-state index contributed by atoms with van der Waals surface area (Å²) in [6.07, 6.45) is 1.68. The van der Waals surface area contributed by atoms with E-state index in [1.54, 1.807) is 19.2 Å². The van der Waals surface area contributed by atoms with Crippen LogP contribution in [0.3, 0.4) is 0 Å². The van der Waals surface area contributed by atoms with Gasteiger partial charge in [-0.15, -0.1) is 11.3 Å². The number of rotatable bonds is 4. The highest BCUT2D eigenvalue weighted by molar-refractivity contribution is 7.15. The zero-order valence-corrected chi connectivity index (χ0v) is 13.4. The van der Waals surface area contributed by atoms with Crippen LogP contribution in [0.4, 0.5) is 5.13 Å². The van der Waals surface area contributed by atoms with Crippen LogP contribution in [0.25, 0.3) is 10.9 Å². The zero-order chi connectivity index (χ0) is 16.4. The molecule has 1 unspecified atom stereocenters. The summed E-state index contributed by atoms with van der Waals surface area (Å²) < 4.78 is 0. The highest BCUT2D eigenvalue weighted by Gasteiger charge is 2.20. The van der Waals surface area contributed by atoms with Crippen LogP contribution in [0.2, 0.25) is 0 Å². The quantitative estimate of drug-likeness (QED) is 0.682. The normalized spacial score (nSPS) is 12.1. The molecule has 0 aliphatic rings. The van der Waals surface area contributed by atoms with Gasteiger partial charge in [0.05, 0.1) is 5.52 Å². The van der Waals surface area contributed by atoms with Gasteiger partial charge in [0, 0.05) is 16.5 Å². The molecule has 3 rings (SSSR count). The number of para-hydroxylation sites is 1. The highest BCUT2D eigenvalue weighted by Crippen LogP contribution is 2.17. The smallest absolute Gasteiger partial charge is 0.273 e. The van der Waals surface area contributed by atoms with Crippen molar-refractivity contribution in [3.63, 3.8) is 0 Å². The van der Waals surface area contributed by atoms with Crippen LogP contribution in [0.5, 0.6) is 0 Å². The Morgan fingerprint density at radius 1 is 1.30 bits per heavy atom. The number of aromatic amines is 1. The average Bonchev–Trinajstić information content (AvgIpc) is 3.13. The fourth-order valence-electron chi connectivity index (χ4n) is 2.09. The first kappa shape index (κ1) is 15.2. The van der Waals surface area contributed by atoms with Gasteiger partial charge in [-0.1, -0.05) is 18.2 Å². The second-order valence-corrected chi connectivity index (χ2v) is 6.31. The summed E-state index contributed by atoms with van der Waals surface area (Å²) in [6.45, 7) is 3.52. The van der Waals surface area contributed by atoms with Gasteiger partial charge in [0.15, 0.2) is 10.8 Å². The van der Waals surface area contributed by atoms with Crippen LogP contribution >= 0.6 is 11.3 Å².